The van der Waals surface area contributed by atoms with Crippen LogP contribution in [0.15, 0.2) is 84.9 Å². The summed E-state index contributed by atoms with van der Waals surface area (Å²) in [5.74, 6) is 1.49. The summed E-state index contributed by atoms with van der Waals surface area (Å²) >= 11 is 0. The zero-order chi connectivity index (χ0) is 18.0. The van der Waals surface area contributed by atoms with Crippen molar-refractivity contribution in [2.75, 3.05) is 18.5 Å². The fourth-order valence-electron chi connectivity index (χ4n) is 2.42. The molecule has 0 radical (unpaired) electrons. The highest BCUT2D eigenvalue weighted by Gasteiger charge is 2.05. The summed E-state index contributed by atoms with van der Waals surface area (Å²) in [6, 6.07) is 27.2. The molecule has 3 rings (SSSR count). The molecule has 2 N–H and O–H groups in total. The summed E-state index contributed by atoms with van der Waals surface area (Å²) in [4.78, 5) is 0. The minimum absolute atomic E-state index is 0.226. The van der Waals surface area contributed by atoms with E-state index >= 15 is 0 Å². The molecular weight excluding hydrogens is 326 g/mol. The predicted molar refractivity (Wildman–Crippen MR) is 104 cm³/mol. The number of aliphatic hydroxyl groups is 1. The van der Waals surface area contributed by atoms with Gasteiger partial charge >= 0.3 is 0 Å². The van der Waals surface area contributed by atoms with E-state index < -0.39 is 6.10 Å². The van der Waals surface area contributed by atoms with Gasteiger partial charge in [0.05, 0.1) is 0 Å². The molecule has 3 aromatic rings. The van der Waals surface area contributed by atoms with Crippen LogP contribution in [0.2, 0.25) is 0 Å². The van der Waals surface area contributed by atoms with Crippen LogP contribution in [0.3, 0.4) is 0 Å². The molecule has 0 spiro atoms. The maximum absolute atomic E-state index is 10.0. The Morgan fingerprint density at radius 3 is 1.96 bits per heavy atom. The maximum Gasteiger partial charge on any atom is 0.120 e. The normalized spacial score (nSPS) is 11.6. The molecule has 0 saturated carbocycles. The van der Waals surface area contributed by atoms with Gasteiger partial charge in [-0.1, -0.05) is 48.5 Å². The van der Waals surface area contributed by atoms with Gasteiger partial charge in [-0.05, 0) is 42.0 Å². The van der Waals surface area contributed by atoms with Crippen molar-refractivity contribution in [2.45, 2.75) is 12.7 Å². The number of hydrogen-bond donors (Lipinski definition) is 2. The van der Waals surface area contributed by atoms with Crippen LogP contribution in [0.4, 0.5) is 5.69 Å². The number of aliphatic hydroxyl groups excluding tert-OH is 1. The van der Waals surface area contributed by atoms with E-state index in [9.17, 15) is 5.11 Å². The summed E-state index contributed by atoms with van der Waals surface area (Å²) in [5, 5.41) is 13.2. The lowest BCUT2D eigenvalue weighted by Crippen LogP contribution is -2.26. The number of hydrogen-bond acceptors (Lipinski definition) is 4. The lowest BCUT2D eigenvalue weighted by Gasteiger charge is -2.14. The Hall–Kier alpha value is -2.98. The van der Waals surface area contributed by atoms with E-state index in [-0.39, 0.29) is 6.61 Å². The SMILES string of the molecule is O[C@H](CNc1ccccc1)COc1ccc(OCc2ccccc2)cc1. The minimum Gasteiger partial charge on any atom is -0.491 e. The van der Waals surface area contributed by atoms with Crippen molar-refractivity contribution in [3.8, 4) is 11.5 Å². The van der Waals surface area contributed by atoms with Gasteiger partial charge in [0.2, 0.25) is 0 Å². The summed E-state index contributed by atoms with van der Waals surface area (Å²) in [6.45, 7) is 1.19. The van der Waals surface area contributed by atoms with E-state index in [2.05, 4.69) is 5.32 Å². The lowest BCUT2D eigenvalue weighted by molar-refractivity contribution is 0.117. The first kappa shape index (κ1) is 17.8. The Labute approximate surface area is 154 Å². The average Bonchev–Trinajstić information content (AvgIpc) is 2.71. The Balaban J connectivity index is 1.39. The Morgan fingerprint density at radius 1 is 0.731 bits per heavy atom. The van der Waals surface area contributed by atoms with Crippen LogP contribution < -0.4 is 14.8 Å². The molecule has 1 atom stereocenters. The second kappa shape index (κ2) is 9.49. The van der Waals surface area contributed by atoms with Gasteiger partial charge < -0.3 is 19.9 Å². The number of rotatable bonds is 9. The van der Waals surface area contributed by atoms with Crippen LogP contribution in [0, 0.1) is 0 Å². The number of ether oxygens (including phenoxy) is 2. The third-order valence-electron chi connectivity index (χ3n) is 3.83. The first-order valence-corrected chi connectivity index (χ1v) is 8.66. The number of benzene rings is 3. The van der Waals surface area contributed by atoms with Crippen molar-refractivity contribution < 1.29 is 14.6 Å². The summed E-state index contributed by atoms with van der Waals surface area (Å²) in [7, 11) is 0. The second-order valence-corrected chi connectivity index (χ2v) is 5.96. The Kier molecular flexibility index (Phi) is 6.51. The van der Waals surface area contributed by atoms with Crippen molar-refractivity contribution in [3.63, 3.8) is 0 Å². The third-order valence-corrected chi connectivity index (χ3v) is 3.83. The van der Waals surface area contributed by atoms with Gasteiger partial charge in [-0.15, -0.1) is 0 Å². The molecule has 0 aliphatic rings. The van der Waals surface area contributed by atoms with Gasteiger partial charge in [0.1, 0.15) is 30.8 Å². The molecule has 0 aliphatic carbocycles. The second-order valence-electron chi connectivity index (χ2n) is 5.96. The number of nitrogens with one attached hydrogen (secondary N) is 1. The first-order valence-electron chi connectivity index (χ1n) is 8.66. The lowest BCUT2D eigenvalue weighted by atomic mass is 10.2. The minimum atomic E-state index is -0.593. The Morgan fingerprint density at radius 2 is 1.31 bits per heavy atom. The highest BCUT2D eigenvalue weighted by molar-refractivity contribution is 5.42. The summed E-state index contributed by atoms with van der Waals surface area (Å²) in [5.41, 5.74) is 2.10. The number of para-hydroxylation sites is 1. The van der Waals surface area contributed by atoms with Crippen LogP contribution in [0.1, 0.15) is 5.56 Å². The zero-order valence-corrected chi connectivity index (χ0v) is 14.5. The third kappa shape index (κ3) is 5.83. The van der Waals surface area contributed by atoms with Crippen molar-refractivity contribution in [1.29, 1.82) is 0 Å². The van der Waals surface area contributed by atoms with Crippen LogP contribution in [0.5, 0.6) is 11.5 Å². The molecule has 134 valence electrons. The summed E-state index contributed by atoms with van der Waals surface area (Å²) < 4.78 is 11.4. The van der Waals surface area contributed by atoms with Crippen LogP contribution in [-0.2, 0) is 6.61 Å². The molecule has 3 aromatic carbocycles. The molecule has 0 amide bonds. The molecule has 0 saturated heterocycles. The topological polar surface area (TPSA) is 50.7 Å². The van der Waals surface area contributed by atoms with Gasteiger partial charge in [0, 0.05) is 12.2 Å². The standard InChI is InChI=1S/C22H23NO3/c24-20(15-23-19-9-5-2-6-10-19)17-26-22-13-11-21(12-14-22)25-16-18-7-3-1-4-8-18/h1-14,20,23-24H,15-17H2/t20-/m1/s1. The summed E-state index contributed by atoms with van der Waals surface area (Å²) in [6.07, 6.45) is -0.593. The molecule has 4 nitrogen and oxygen atoms in total. The fourth-order valence-corrected chi connectivity index (χ4v) is 2.42. The molecule has 0 heterocycles. The molecule has 4 heteroatoms. The van der Waals surface area contributed by atoms with Crippen LogP contribution in [0.25, 0.3) is 0 Å². The van der Waals surface area contributed by atoms with Crippen LogP contribution >= 0.6 is 0 Å². The van der Waals surface area contributed by atoms with Crippen molar-refractivity contribution in [3.05, 3.63) is 90.5 Å². The van der Waals surface area contributed by atoms with Gasteiger partial charge in [-0.3, -0.25) is 0 Å². The van der Waals surface area contributed by atoms with E-state index in [4.69, 9.17) is 9.47 Å². The molecule has 0 fully saturated rings. The highest BCUT2D eigenvalue weighted by atomic mass is 16.5. The molecule has 0 aromatic heterocycles. The Bertz CT molecular complexity index is 760. The van der Waals surface area contributed by atoms with Gasteiger partial charge in [-0.25, -0.2) is 0 Å². The van der Waals surface area contributed by atoms with E-state index in [1.54, 1.807) is 0 Å². The molecule has 0 unspecified atom stereocenters. The van der Waals surface area contributed by atoms with E-state index in [0.29, 0.717) is 18.9 Å². The van der Waals surface area contributed by atoms with Gasteiger partial charge in [-0.2, -0.15) is 0 Å². The zero-order valence-electron chi connectivity index (χ0n) is 14.5. The largest absolute Gasteiger partial charge is 0.491 e. The highest BCUT2D eigenvalue weighted by Crippen LogP contribution is 2.19. The molecule has 0 aliphatic heterocycles. The van der Waals surface area contributed by atoms with Gasteiger partial charge in [0.25, 0.3) is 0 Å². The fraction of sp³-hybridized carbons (Fsp3) is 0.182. The van der Waals surface area contributed by atoms with E-state index in [1.165, 1.54) is 0 Å². The van der Waals surface area contributed by atoms with Crippen molar-refractivity contribution in [2.24, 2.45) is 0 Å². The van der Waals surface area contributed by atoms with Crippen molar-refractivity contribution >= 4 is 5.69 Å². The van der Waals surface area contributed by atoms with E-state index in [0.717, 1.165) is 17.0 Å². The van der Waals surface area contributed by atoms with E-state index in [1.807, 2.05) is 84.9 Å². The number of anilines is 1. The predicted octanol–water partition coefficient (Wildman–Crippen LogP) is 4.12. The molecular formula is C22H23NO3. The van der Waals surface area contributed by atoms with Gasteiger partial charge in [0.15, 0.2) is 0 Å². The average molecular weight is 349 g/mol. The van der Waals surface area contributed by atoms with Crippen molar-refractivity contribution in [1.82, 2.24) is 0 Å². The molecule has 26 heavy (non-hydrogen) atoms. The molecule has 0 bridgehead atoms. The maximum atomic E-state index is 10.0. The first-order chi connectivity index (χ1) is 12.8. The van der Waals surface area contributed by atoms with Crippen LogP contribution in [-0.4, -0.2) is 24.4 Å². The smallest absolute Gasteiger partial charge is 0.120 e. The quantitative estimate of drug-likeness (QED) is 0.610. The monoisotopic (exact) mass is 349 g/mol.